The van der Waals surface area contributed by atoms with Crippen molar-refractivity contribution in [2.75, 3.05) is 19.0 Å². The number of anilines is 1. The number of halogens is 1. The Balaban J connectivity index is 2.54. The fourth-order valence-electron chi connectivity index (χ4n) is 1.57. The average Bonchev–Trinajstić information content (AvgIpc) is 2.40. The topological polar surface area (TPSA) is 87.7 Å². The van der Waals surface area contributed by atoms with Crippen LogP contribution in [0.4, 0.5) is 10.5 Å². The van der Waals surface area contributed by atoms with Gasteiger partial charge in [0.2, 0.25) is 0 Å². The minimum atomic E-state index is -1.06. The van der Waals surface area contributed by atoms with E-state index in [2.05, 4.69) is 33.2 Å². The number of benzene rings is 1. The van der Waals surface area contributed by atoms with Gasteiger partial charge < -0.3 is 20.5 Å². The van der Waals surface area contributed by atoms with Gasteiger partial charge in [-0.2, -0.15) is 0 Å². The van der Waals surface area contributed by atoms with E-state index in [1.54, 1.807) is 19.2 Å². The number of hydrogen-bond donors (Lipinski definition) is 3. The molecule has 0 radical (unpaired) electrons. The first-order valence-electron chi connectivity index (χ1n) is 6.08. The molecule has 1 atom stereocenters. The van der Waals surface area contributed by atoms with E-state index >= 15 is 0 Å². The second-order valence-corrected chi connectivity index (χ2v) is 5.27. The van der Waals surface area contributed by atoms with E-state index in [0.717, 1.165) is 3.57 Å². The molecule has 0 bridgehead atoms. The van der Waals surface area contributed by atoms with Crippen molar-refractivity contribution in [3.8, 4) is 0 Å². The molecule has 3 N–H and O–H groups in total. The third-order valence-electron chi connectivity index (χ3n) is 2.57. The molecule has 1 aromatic rings. The molecular weight excluding hydrogens is 375 g/mol. The Morgan fingerprint density at radius 1 is 1.40 bits per heavy atom. The van der Waals surface area contributed by atoms with Crippen molar-refractivity contribution in [1.29, 1.82) is 0 Å². The van der Waals surface area contributed by atoms with E-state index in [0.29, 0.717) is 25.1 Å². The molecule has 0 aliphatic carbocycles. The lowest BCUT2D eigenvalue weighted by atomic mass is 10.1. The Bertz CT molecular complexity index is 467. The summed E-state index contributed by atoms with van der Waals surface area (Å²) in [6, 6.07) is 5.80. The lowest BCUT2D eigenvalue weighted by molar-refractivity contribution is -0.139. The zero-order chi connectivity index (χ0) is 15.0. The first-order valence-corrected chi connectivity index (χ1v) is 7.16. The number of ether oxygens (including phenoxy) is 1. The zero-order valence-corrected chi connectivity index (χ0v) is 13.2. The van der Waals surface area contributed by atoms with Gasteiger partial charge in [0.05, 0.1) is 5.69 Å². The summed E-state index contributed by atoms with van der Waals surface area (Å²) in [5.41, 5.74) is 0.645. The molecule has 0 saturated heterocycles. The van der Waals surface area contributed by atoms with Gasteiger partial charge in [-0.3, -0.25) is 0 Å². The van der Waals surface area contributed by atoms with Crippen LogP contribution in [-0.4, -0.2) is 36.9 Å². The van der Waals surface area contributed by atoms with Gasteiger partial charge in [0.25, 0.3) is 0 Å². The van der Waals surface area contributed by atoms with E-state index in [4.69, 9.17) is 9.84 Å². The number of rotatable bonds is 7. The van der Waals surface area contributed by atoms with Crippen molar-refractivity contribution < 1.29 is 19.4 Å². The van der Waals surface area contributed by atoms with E-state index in [1.807, 2.05) is 12.1 Å². The fourth-order valence-corrected chi connectivity index (χ4v) is 2.09. The van der Waals surface area contributed by atoms with Crippen LogP contribution in [0.2, 0.25) is 0 Å². The third-order valence-corrected chi connectivity index (χ3v) is 3.51. The van der Waals surface area contributed by atoms with Gasteiger partial charge in [0.15, 0.2) is 0 Å². The highest BCUT2D eigenvalue weighted by molar-refractivity contribution is 14.1. The van der Waals surface area contributed by atoms with Crippen LogP contribution < -0.4 is 10.6 Å². The molecule has 1 unspecified atom stereocenters. The quantitative estimate of drug-likeness (QED) is 0.491. The lowest BCUT2D eigenvalue weighted by Crippen LogP contribution is -2.43. The number of carbonyl (C=O) groups excluding carboxylic acids is 1. The standard InChI is InChI=1S/C13H17IN2O4/c1-20-8-4-7-11(12(17)18)16-13(19)15-10-6-3-2-5-9(10)14/h2-3,5-6,11H,4,7-8H2,1H3,(H,17,18)(H2,15,16,19). The number of amides is 2. The van der Waals surface area contributed by atoms with Gasteiger partial charge in [-0.25, -0.2) is 9.59 Å². The van der Waals surface area contributed by atoms with Crippen LogP contribution in [-0.2, 0) is 9.53 Å². The van der Waals surface area contributed by atoms with E-state index in [-0.39, 0.29) is 0 Å². The summed E-state index contributed by atoms with van der Waals surface area (Å²) in [4.78, 5) is 22.9. The third kappa shape index (κ3) is 5.74. The number of para-hydroxylation sites is 1. The predicted octanol–water partition coefficient (Wildman–Crippen LogP) is 2.29. The van der Waals surface area contributed by atoms with Crippen LogP contribution in [0.3, 0.4) is 0 Å². The number of carboxylic acids is 1. The van der Waals surface area contributed by atoms with Crippen LogP contribution in [0.15, 0.2) is 24.3 Å². The predicted molar refractivity (Wildman–Crippen MR) is 83.8 cm³/mol. The van der Waals surface area contributed by atoms with E-state index < -0.39 is 18.0 Å². The molecular formula is C13H17IN2O4. The number of carbonyl (C=O) groups is 2. The smallest absolute Gasteiger partial charge is 0.326 e. The van der Waals surface area contributed by atoms with Crippen molar-refractivity contribution in [2.45, 2.75) is 18.9 Å². The summed E-state index contributed by atoms with van der Waals surface area (Å²) in [5.74, 6) is -1.06. The molecule has 6 nitrogen and oxygen atoms in total. The number of carboxylic acid groups (broad SMARTS) is 1. The van der Waals surface area contributed by atoms with Crippen molar-refractivity contribution in [3.63, 3.8) is 0 Å². The second kappa shape index (κ2) is 8.75. The monoisotopic (exact) mass is 392 g/mol. The molecule has 0 aliphatic rings. The van der Waals surface area contributed by atoms with Crippen molar-refractivity contribution in [1.82, 2.24) is 5.32 Å². The summed E-state index contributed by atoms with van der Waals surface area (Å²) in [6.07, 6.45) is 0.888. The summed E-state index contributed by atoms with van der Waals surface area (Å²) in [5, 5.41) is 14.1. The largest absolute Gasteiger partial charge is 0.480 e. The zero-order valence-electron chi connectivity index (χ0n) is 11.1. The number of aliphatic carboxylic acids is 1. The number of hydrogen-bond acceptors (Lipinski definition) is 3. The second-order valence-electron chi connectivity index (χ2n) is 4.10. The van der Waals surface area contributed by atoms with Crippen LogP contribution in [0.1, 0.15) is 12.8 Å². The van der Waals surface area contributed by atoms with Gasteiger partial charge in [-0.1, -0.05) is 12.1 Å². The van der Waals surface area contributed by atoms with Gasteiger partial charge in [0, 0.05) is 17.3 Å². The van der Waals surface area contributed by atoms with Gasteiger partial charge >= 0.3 is 12.0 Å². The molecule has 0 saturated carbocycles. The summed E-state index contributed by atoms with van der Waals surface area (Å²) >= 11 is 2.09. The van der Waals surface area contributed by atoms with Crippen LogP contribution >= 0.6 is 22.6 Å². The number of nitrogens with one attached hydrogen (secondary N) is 2. The van der Waals surface area contributed by atoms with Crippen molar-refractivity contribution in [3.05, 3.63) is 27.8 Å². The maximum Gasteiger partial charge on any atom is 0.326 e. The van der Waals surface area contributed by atoms with Gasteiger partial charge in [-0.15, -0.1) is 0 Å². The molecule has 2 amide bonds. The van der Waals surface area contributed by atoms with Crippen molar-refractivity contribution in [2.24, 2.45) is 0 Å². The summed E-state index contributed by atoms with van der Waals surface area (Å²) < 4.78 is 5.75. The molecule has 20 heavy (non-hydrogen) atoms. The molecule has 1 rings (SSSR count). The summed E-state index contributed by atoms with van der Waals surface area (Å²) in [6.45, 7) is 0.462. The Morgan fingerprint density at radius 2 is 2.10 bits per heavy atom. The normalized spacial score (nSPS) is 11.7. The van der Waals surface area contributed by atoms with Crippen molar-refractivity contribution >= 4 is 40.3 Å². The molecule has 0 heterocycles. The first kappa shape index (κ1) is 16.7. The van der Waals surface area contributed by atoms with Crippen LogP contribution in [0.5, 0.6) is 0 Å². The minimum Gasteiger partial charge on any atom is -0.480 e. The number of urea groups is 1. The SMILES string of the molecule is COCCCC(NC(=O)Nc1ccccc1I)C(=O)O. The molecule has 0 spiro atoms. The Kier molecular flexibility index (Phi) is 7.31. The minimum absolute atomic E-state index is 0.322. The van der Waals surface area contributed by atoms with E-state index in [9.17, 15) is 9.59 Å². The van der Waals surface area contributed by atoms with Crippen LogP contribution in [0, 0.1) is 3.57 Å². The molecule has 7 heteroatoms. The highest BCUT2D eigenvalue weighted by Crippen LogP contribution is 2.16. The van der Waals surface area contributed by atoms with Gasteiger partial charge in [-0.05, 0) is 47.6 Å². The van der Waals surface area contributed by atoms with E-state index in [1.165, 1.54) is 0 Å². The number of methoxy groups -OCH3 is 1. The maximum atomic E-state index is 11.8. The highest BCUT2D eigenvalue weighted by Gasteiger charge is 2.19. The molecule has 0 aromatic heterocycles. The maximum absolute atomic E-state index is 11.8. The summed E-state index contributed by atoms with van der Waals surface area (Å²) in [7, 11) is 1.55. The molecule has 0 fully saturated rings. The first-order chi connectivity index (χ1) is 9.54. The highest BCUT2D eigenvalue weighted by atomic mass is 127. The fraction of sp³-hybridized carbons (Fsp3) is 0.385. The van der Waals surface area contributed by atoms with Crippen LogP contribution in [0.25, 0.3) is 0 Å². The van der Waals surface area contributed by atoms with Gasteiger partial charge in [0.1, 0.15) is 6.04 Å². The molecule has 0 aliphatic heterocycles. The average molecular weight is 392 g/mol. The molecule has 1 aromatic carbocycles. The molecule has 110 valence electrons. The Hall–Kier alpha value is -1.35. The lowest BCUT2D eigenvalue weighted by Gasteiger charge is -2.15. The Labute approximate surface area is 131 Å². The Morgan fingerprint density at radius 3 is 2.70 bits per heavy atom.